The zero-order chi connectivity index (χ0) is 22.1. The second-order valence-electron chi connectivity index (χ2n) is 8.56. The molecule has 2 amide bonds. The van der Waals surface area contributed by atoms with Gasteiger partial charge in [0.05, 0.1) is 5.56 Å². The number of aryl methyl sites for hydroxylation is 1. The van der Waals surface area contributed by atoms with Crippen LogP contribution in [0.25, 0.3) is 0 Å². The summed E-state index contributed by atoms with van der Waals surface area (Å²) in [5.41, 5.74) is 2.91. The van der Waals surface area contributed by atoms with Crippen molar-refractivity contribution in [3.05, 3.63) is 65.7 Å². The molecule has 2 aromatic carbocycles. The molecular formula is C26H35N3O2. The van der Waals surface area contributed by atoms with Crippen LogP contribution in [0.1, 0.15) is 55.5 Å². The van der Waals surface area contributed by atoms with E-state index < -0.39 is 0 Å². The lowest BCUT2D eigenvalue weighted by atomic mass is 10.0. The van der Waals surface area contributed by atoms with Crippen LogP contribution in [0.2, 0.25) is 0 Å². The zero-order valence-corrected chi connectivity index (χ0v) is 18.8. The van der Waals surface area contributed by atoms with Gasteiger partial charge in [0.1, 0.15) is 0 Å². The van der Waals surface area contributed by atoms with Crippen LogP contribution in [-0.4, -0.2) is 37.5 Å². The van der Waals surface area contributed by atoms with Crippen LogP contribution >= 0.6 is 0 Å². The van der Waals surface area contributed by atoms with Crippen LogP contribution in [0.15, 0.2) is 54.6 Å². The standard InChI is InChI=1S/C26H35N3O2/c1-3-20(2)19-27-26(31)23-11-7-8-12-24(23)29-17-15-22(16-18-29)28-25(30)14-13-21-9-5-4-6-10-21/h4-12,20,22H,3,13-19H2,1-2H3,(H,27,31)(H,28,30)/t20-/m1/s1. The average molecular weight is 422 g/mol. The van der Waals surface area contributed by atoms with Crippen LogP contribution in [0.4, 0.5) is 5.69 Å². The van der Waals surface area contributed by atoms with E-state index in [4.69, 9.17) is 0 Å². The molecule has 5 nitrogen and oxygen atoms in total. The van der Waals surface area contributed by atoms with E-state index in [9.17, 15) is 9.59 Å². The summed E-state index contributed by atoms with van der Waals surface area (Å²) >= 11 is 0. The van der Waals surface area contributed by atoms with Crippen LogP contribution < -0.4 is 15.5 Å². The molecular weight excluding hydrogens is 386 g/mol. The molecule has 1 aliphatic heterocycles. The van der Waals surface area contributed by atoms with Crippen molar-refractivity contribution in [2.24, 2.45) is 5.92 Å². The van der Waals surface area contributed by atoms with Gasteiger partial charge in [0, 0.05) is 37.8 Å². The van der Waals surface area contributed by atoms with Gasteiger partial charge in [0.25, 0.3) is 5.91 Å². The van der Waals surface area contributed by atoms with E-state index in [2.05, 4.69) is 41.5 Å². The molecule has 0 aromatic heterocycles. The van der Waals surface area contributed by atoms with Crippen molar-refractivity contribution in [2.45, 2.75) is 52.0 Å². The second-order valence-corrected chi connectivity index (χ2v) is 8.56. The van der Waals surface area contributed by atoms with Gasteiger partial charge in [-0.05, 0) is 42.9 Å². The quantitative estimate of drug-likeness (QED) is 0.639. The summed E-state index contributed by atoms with van der Waals surface area (Å²) < 4.78 is 0. The van der Waals surface area contributed by atoms with Gasteiger partial charge in [-0.15, -0.1) is 0 Å². The zero-order valence-electron chi connectivity index (χ0n) is 18.8. The molecule has 1 atom stereocenters. The van der Waals surface area contributed by atoms with Gasteiger partial charge in [-0.3, -0.25) is 9.59 Å². The summed E-state index contributed by atoms with van der Waals surface area (Å²) in [6.07, 6.45) is 4.11. The number of carbonyl (C=O) groups excluding carboxylic acids is 2. The van der Waals surface area contributed by atoms with E-state index in [0.29, 0.717) is 18.9 Å². The van der Waals surface area contributed by atoms with Crippen molar-refractivity contribution in [2.75, 3.05) is 24.5 Å². The number of hydrogen-bond donors (Lipinski definition) is 2. The van der Waals surface area contributed by atoms with E-state index >= 15 is 0 Å². The van der Waals surface area contributed by atoms with Crippen molar-refractivity contribution in [3.8, 4) is 0 Å². The first-order valence-electron chi connectivity index (χ1n) is 11.5. The predicted octanol–water partition coefficient (Wildman–Crippen LogP) is 4.18. The van der Waals surface area contributed by atoms with E-state index in [0.717, 1.165) is 50.0 Å². The molecule has 31 heavy (non-hydrogen) atoms. The fourth-order valence-electron chi connectivity index (χ4n) is 3.92. The third-order valence-electron chi connectivity index (χ3n) is 6.14. The fourth-order valence-corrected chi connectivity index (χ4v) is 3.92. The van der Waals surface area contributed by atoms with E-state index in [1.807, 2.05) is 42.5 Å². The first-order valence-corrected chi connectivity index (χ1v) is 11.5. The number of para-hydroxylation sites is 1. The minimum atomic E-state index is -0.00719. The summed E-state index contributed by atoms with van der Waals surface area (Å²) in [5.74, 6) is 0.580. The number of benzene rings is 2. The van der Waals surface area contributed by atoms with Crippen molar-refractivity contribution in [3.63, 3.8) is 0 Å². The summed E-state index contributed by atoms with van der Waals surface area (Å²) in [4.78, 5) is 27.4. The van der Waals surface area contributed by atoms with Crippen LogP contribution in [-0.2, 0) is 11.2 Å². The Morgan fingerprint density at radius 3 is 2.42 bits per heavy atom. The number of nitrogens with one attached hydrogen (secondary N) is 2. The lowest BCUT2D eigenvalue weighted by Gasteiger charge is -2.35. The van der Waals surface area contributed by atoms with Crippen LogP contribution in [0.5, 0.6) is 0 Å². The topological polar surface area (TPSA) is 61.4 Å². The molecule has 1 heterocycles. The molecule has 0 radical (unpaired) electrons. The highest BCUT2D eigenvalue weighted by atomic mass is 16.2. The SMILES string of the molecule is CC[C@@H](C)CNC(=O)c1ccccc1N1CCC(NC(=O)CCc2ccccc2)CC1. The first kappa shape index (κ1) is 22.9. The number of anilines is 1. The smallest absolute Gasteiger partial charge is 0.253 e. The monoisotopic (exact) mass is 421 g/mol. The number of carbonyl (C=O) groups is 2. The molecule has 3 rings (SSSR count). The second kappa shape index (κ2) is 11.5. The highest BCUT2D eigenvalue weighted by Crippen LogP contribution is 2.24. The van der Waals surface area contributed by atoms with Gasteiger partial charge in [0.15, 0.2) is 0 Å². The Hall–Kier alpha value is -2.82. The maximum Gasteiger partial charge on any atom is 0.253 e. The maximum absolute atomic E-state index is 12.7. The Bertz CT molecular complexity index is 845. The number of amides is 2. The molecule has 0 unspecified atom stereocenters. The van der Waals surface area contributed by atoms with Crippen LogP contribution in [0, 0.1) is 5.92 Å². The average Bonchev–Trinajstić information content (AvgIpc) is 2.82. The first-order chi connectivity index (χ1) is 15.1. The van der Waals surface area contributed by atoms with E-state index in [1.165, 1.54) is 5.56 Å². The highest BCUT2D eigenvalue weighted by Gasteiger charge is 2.23. The third-order valence-corrected chi connectivity index (χ3v) is 6.14. The molecule has 5 heteroatoms. The molecule has 1 fully saturated rings. The minimum absolute atomic E-state index is 0.00719. The number of nitrogens with zero attached hydrogens (tertiary/aromatic N) is 1. The normalized spacial score (nSPS) is 15.4. The van der Waals surface area contributed by atoms with Crippen LogP contribution in [0.3, 0.4) is 0 Å². The van der Waals surface area contributed by atoms with Gasteiger partial charge < -0.3 is 15.5 Å². The van der Waals surface area contributed by atoms with Gasteiger partial charge in [-0.1, -0.05) is 62.7 Å². The van der Waals surface area contributed by atoms with Gasteiger partial charge in [-0.2, -0.15) is 0 Å². The molecule has 166 valence electrons. The molecule has 1 aliphatic rings. The van der Waals surface area contributed by atoms with Gasteiger partial charge >= 0.3 is 0 Å². The van der Waals surface area contributed by atoms with Crippen molar-refractivity contribution < 1.29 is 9.59 Å². The Balaban J connectivity index is 1.49. The molecule has 2 aromatic rings. The number of piperidine rings is 1. The lowest BCUT2D eigenvalue weighted by Crippen LogP contribution is -2.45. The van der Waals surface area contributed by atoms with E-state index in [1.54, 1.807) is 0 Å². The highest BCUT2D eigenvalue weighted by molar-refractivity contribution is 5.99. The number of hydrogen-bond acceptors (Lipinski definition) is 3. The summed E-state index contributed by atoms with van der Waals surface area (Å²) in [6.45, 7) is 6.64. The number of rotatable bonds is 9. The lowest BCUT2D eigenvalue weighted by molar-refractivity contribution is -0.121. The Labute approximate surface area is 186 Å². The van der Waals surface area contributed by atoms with Gasteiger partial charge in [0.2, 0.25) is 5.91 Å². The minimum Gasteiger partial charge on any atom is -0.371 e. The van der Waals surface area contributed by atoms with Crippen molar-refractivity contribution >= 4 is 17.5 Å². The molecule has 0 bridgehead atoms. The summed E-state index contributed by atoms with van der Waals surface area (Å²) in [7, 11) is 0. The summed E-state index contributed by atoms with van der Waals surface area (Å²) in [5, 5.41) is 6.26. The Kier molecular flexibility index (Phi) is 8.51. The van der Waals surface area contributed by atoms with Crippen molar-refractivity contribution in [1.29, 1.82) is 0 Å². The molecule has 0 aliphatic carbocycles. The van der Waals surface area contributed by atoms with E-state index in [-0.39, 0.29) is 17.9 Å². The molecule has 0 spiro atoms. The summed E-state index contributed by atoms with van der Waals surface area (Å²) in [6, 6.07) is 18.1. The molecule has 0 saturated carbocycles. The van der Waals surface area contributed by atoms with Crippen molar-refractivity contribution in [1.82, 2.24) is 10.6 Å². The third kappa shape index (κ3) is 6.84. The molecule has 1 saturated heterocycles. The molecule has 2 N–H and O–H groups in total. The largest absolute Gasteiger partial charge is 0.371 e. The van der Waals surface area contributed by atoms with Gasteiger partial charge in [-0.25, -0.2) is 0 Å². The Morgan fingerprint density at radius 2 is 1.71 bits per heavy atom. The Morgan fingerprint density at radius 1 is 1.03 bits per heavy atom. The fraction of sp³-hybridized carbons (Fsp3) is 0.462. The predicted molar refractivity (Wildman–Crippen MR) is 126 cm³/mol. The maximum atomic E-state index is 12.7.